The minimum absolute atomic E-state index is 0.132. The first kappa shape index (κ1) is 14.4. The normalized spacial score (nSPS) is 10.2. The maximum atomic E-state index is 11.6. The fourth-order valence-electron chi connectivity index (χ4n) is 1.74. The maximum Gasteiger partial charge on any atom is 0.164 e. The van der Waals surface area contributed by atoms with E-state index in [-0.39, 0.29) is 11.6 Å². The van der Waals surface area contributed by atoms with Gasteiger partial charge in [-0.3, -0.25) is 9.59 Å². The lowest BCUT2D eigenvalue weighted by Crippen LogP contribution is -2.09. The Labute approximate surface area is 107 Å². The number of unbranched alkanes of at least 4 members (excludes halogenated alkanes) is 1. The van der Waals surface area contributed by atoms with E-state index in [9.17, 15) is 9.59 Å². The van der Waals surface area contributed by atoms with Crippen LogP contribution < -0.4 is 10.5 Å². The van der Waals surface area contributed by atoms with Crippen molar-refractivity contribution in [3.63, 3.8) is 0 Å². The molecule has 4 heteroatoms. The van der Waals surface area contributed by atoms with Crippen LogP contribution in [-0.4, -0.2) is 24.7 Å². The molecule has 0 aliphatic carbocycles. The number of benzene rings is 1. The van der Waals surface area contributed by atoms with Crippen LogP contribution in [0.4, 0.5) is 0 Å². The SMILES string of the molecule is CC(=O)c1cccc(OCCCCN)c1C(C)=O. The molecule has 0 saturated heterocycles. The summed E-state index contributed by atoms with van der Waals surface area (Å²) in [5.41, 5.74) is 6.18. The van der Waals surface area contributed by atoms with E-state index in [1.54, 1.807) is 18.2 Å². The Kier molecular flexibility index (Phi) is 5.52. The summed E-state index contributed by atoms with van der Waals surface area (Å²) in [4.78, 5) is 23.1. The number of Topliss-reactive ketones (excluding diaryl/α,β-unsaturated/α-hetero) is 2. The molecule has 1 aromatic rings. The molecule has 1 rings (SSSR count). The fourth-order valence-corrected chi connectivity index (χ4v) is 1.74. The van der Waals surface area contributed by atoms with Gasteiger partial charge in [-0.1, -0.05) is 12.1 Å². The van der Waals surface area contributed by atoms with E-state index in [2.05, 4.69) is 0 Å². The summed E-state index contributed by atoms with van der Waals surface area (Å²) in [6.07, 6.45) is 1.71. The van der Waals surface area contributed by atoms with E-state index in [1.165, 1.54) is 13.8 Å². The molecule has 1 aromatic carbocycles. The Morgan fingerprint density at radius 3 is 2.44 bits per heavy atom. The highest BCUT2D eigenvalue weighted by molar-refractivity contribution is 6.08. The summed E-state index contributed by atoms with van der Waals surface area (Å²) in [5.74, 6) is 0.189. The van der Waals surface area contributed by atoms with Crippen molar-refractivity contribution in [2.24, 2.45) is 5.73 Å². The van der Waals surface area contributed by atoms with E-state index in [1.807, 2.05) is 0 Å². The lowest BCUT2D eigenvalue weighted by Gasteiger charge is -2.12. The van der Waals surface area contributed by atoms with Crippen molar-refractivity contribution < 1.29 is 14.3 Å². The third-order valence-corrected chi connectivity index (χ3v) is 2.61. The molecule has 0 atom stereocenters. The monoisotopic (exact) mass is 249 g/mol. The van der Waals surface area contributed by atoms with E-state index in [0.717, 1.165) is 12.8 Å². The molecule has 18 heavy (non-hydrogen) atoms. The third kappa shape index (κ3) is 3.67. The summed E-state index contributed by atoms with van der Waals surface area (Å²) in [6, 6.07) is 5.08. The van der Waals surface area contributed by atoms with Gasteiger partial charge in [0, 0.05) is 5.56 Å². The van der Waals surface area contributed by atoms with Crippen LogP contribution in [0.2, 0.25) is 0 Å². The Morgan fingerprint density at radius 1 is 1.17 bits per heavy atom. The molecule has 0 saturated carbocycles. The first-order valence-corrected chi connectivity index (χ1v) is 6.05. The van der Waals surface area contributed by atoms with Crippen LogP contribution in [0, 0.1) is 0 Å². The zero-order chi connectivity index (χ0) is 13.5. The van der Waals surface area contributed by atoms with Gasteiger partial charge in [-0.05, 0) is 39.3 Å². The lowest BCUT2D eigenvalue weighted by atomic mass is 10.0. The molecule has 0 aliphatic rings. The first-order chi connectivity index (χ1) is 8.57. The van der Waals surface area contributed by atoms with Crippen molar-refractivity contribution in [2.45, 2.75) is 26.7 Å². The highest BCUT2D eigenvalue weighted by Gasteiger charge is 2.16. The number of rotatable bonds is 7. The number of ketones is 2. The predicted octanol–water partition coefficient (Wildman–Crippen LogP) is 2.21. The summed E-state index contributed by atoms with van der Waals surface area (Å²) >= 11 is 0. The first-order valence-electron chi connectivity index (χ1n) is 6.05. The molecule has 0 unspecified atom stereocenters. The van der Waals surface area contributed by atoms with Crippen LogP contribution >= 0.6 is 0 Å². The average Bonchev–Trinajstić information content (AvgIpc) is 2.33. The zero-order valence-electron chi connectivity index (χ0n) is 10.9. The van der Waals surface area contributed by atoms with Crippen LogP contribution in [0.5, 0.6) is 5.75 Å². The average molecular weight is 249 g/mol. The van der Waals surface area contributed by atoms with Crippen LogP contribution in [0.25, 0.3) is 0 Å². The highest BCUT2D eigenvalue weighted by Crippen LogP contribution is 2.23. The van der Waals surface area contributed by atoms with Gasteiger partial charge < -0.3 is 10.5 Å². The van der Waals surface area contributed by atoms with Crippen molar-refractivity contribution in [1.82, 2.24) is 0 Å². The highest BCUT2D eigenvalue weighted by atomic mass is 16.5. The topological polar surface area (TPSA) is 69.4 Å². The molecule has 0 aliphatic heterocycles. The van der Waals surface area contributed by atoms with Gasteiger partial charge in [0.05, 0.1) is 12.2 Å². The molecule has 4 nitrogen and oxygen atoms in total. The van der Waals surface area contributed by atoms with E-state index < -0.39 is 0 Å². The fraction of sp³-hybridized carbons (Fsp3) is 0.429. The second-order valence-corrected chi connectivity index (χ2v) is 4.14. The molecule has 98 valence electrons. The summed E-state index contributed by atoms with van der Waals surface area (Å²) in [7, 11) is 0. The van der Waals surface area contributed by atoms with Crippen molar-refractivity contribution in [1.29, 1.82) is 0 Å². The largest absolute Gasteiger partial charge is 0.493 e. The summed E-state index contributed by atoms with van der Waals surface area (Å²) in [5, 5.41) is 0. The number of hydrogen-bond donors (Lipinski definition) is 1. The Bertz CT molecular complexity index is 441. The molecule has 0 bridgehead atoms. The van der Waals surface area contributed by atoms with Gasteiger partial charge in [0.15, 0.2) is 11.6 Å². The van der Waals surface area contributed by atoms with Gasteiger partial charge in [0.2, 0.25) is 0 Å². The van der Waals surface area contributed by atoms with Gasteiger partial charge in [-0.15, -0.1) is 0 Å². The van der Waals surface area contributed by atoms with Gasteiger partial charge >= 0.3 is 0 Å². The van der Waals surface area contributed by atoms with E-state index >= 15 is 0 Å². The summed E-state index contributed by atoms with van der Waals surface area (Å²) < 4.78 is 5.56. The van der Waals surface area contributed by atoms with Crippen molar-refractivity contribution in [3.8, 4) is 5.75 Å². The molecule has 0 spiro atoms. The minimum atomic E-state index is -0.158. The van der Waals surface area contributed by atoms with Gasteiger partial charge in [-0.25, -0.2) is 0 Å². The van der Waals surface area contributed by atoms with Crippen molar-refractivity contribution >= 4 is 11.6 Å². The van der Waals surface area contributed by atoms with Crippen molar-refractivity contribution in [3.05, 3.63) is 29.3 Å². The standard InChI is InChI=1S/C14H19NO3/c1-10(16)12-6-5-7-13(14(12)11(2)17)18-9-4-3-8-15/h5-7H,3-4,8-9,15H2,1-2H3. The molecular formula is C14H19NO3. The molecule has 0 amide bonds. The van der Waals surface area contributed by atoms with Crippen LogP contribution in [-0.2, 0) is 0 Å². The van der Waals surface area contributed by atoms with Gasteiger partial charge in [0.25, 0.3) is 0 Å². The number of ether oxygens (including phenoxy) is 1. The molecule has 0 heterocycles. The van der Waals surface area contributed by atoms with E-state index in [4.69, 9.17) is 10.5 Å². The quantitative estimate of drug-likeness (QED) is 0.594. The van der Waals surface area contributed by atoms with Crippen LogP contribution in [0.1, 0.15) is 47.4 Å². The molecule has 0 fully saturated rings. The lowest BCUT2D eigenvalue weighted by molar-refractivity contribution is 0.0977. The number of nitrogens with two attached hydrogens (primary N) is 1. The number of hydrogen-bond acceptors (Lipinski definition) is 4. The Balaban J connectivity index is 2.93. The second-order valence-electron chi connectivity index (χ2n) is 4.14. The maximum absolute atomic E-state index is 11.6. The third-order valence-electron chi connectivity index (χ3n) is 2.61. The second kappa shape index (κ2) is 6.91. The van der Waals surface area contributed by atoms with E-state index in [0.29, 0.717) is 30.0 Å². The predicted molar refractivity (Wildman–Crippen MR) is 70.2 cm³/mol. The van der Waals surface area contributed by atoms with Crippen LogP contribution in [0.15, 0.2) is 18.2 Å². The Hall–Kier alpha value is -1.68. The number of carbonyl (C=O) groups is 2. The molecule has 2 N–H and O–H groups in total. The van der Waals surface area contributed by atoms with Gasteiger partial charge in [0.1, 0.15) is 5.75 Å². The molecule has 0 aromatic heterocycles. The van der Waals surface area contributed by atoms with Crippen molar-refractivity contribution in [2.75, 3.05) is 13.2 Å². The molecule has 0 radical (unpaired) electrons. The van der Waals surface area contributed by atoms with Gasteiger partial charge in [-0.2, -0.15) is 0 Å². The Morgan fingerprint density at radius 2 is 1.89 bits per heavy atom. The minimum Gasteiger partial charge on any atom is -0.493 e. The van der Waals surface area contributed by atoms with Crippen LogP contribution in [0.3, 0.4) is 0 Å². The smallest absolute Gasteiger partial charge is 0.164 e. The molecular weight excluding hydrogens is 230 g/mol. The number of carbonyl (C=O) groups excluding carboxylic acids is 2. The zero-order valence-corrected chi connectivity index (χ0v) is 10.9. The summed E-state index contributed by atoms with van der Waals surface area (Å²) in [6.45, 7) is 4.00.